The number of benzene rings is 2. The lowest BCUT2D eigenvalue weighted by atomic mass is 9.89. The van der Waals surface area contributed by atoms with Crippen molar-refractivity contribution < 1.29 is 28.9 Å². The molecule has 1 saturated heterocycles. The van der Waals surface area contributed by atoms with E-state index in [1.807, 2.05) is 18.2 Å². The average Bonchev–Trinajstić information content (AvgIpc) is 3.35. The van der Waals surface area contributed by atoms with Gasteiger partial charge in [-0.1, -0.05) is 12.5 Å². The molecule has 3 atom stereocenters. The molecular weight excluding hydrogens is 482 g/mol. The number of carbonyl (C=O) groups excluding carboxylic acids is 2. The van der Waals surface area contributed by atoms with Crippen LogP contribution in [0.1, 0.15) is 80.3 Å². The van der Waals surface area contributed by atoms with Gasteiger partial charge in [0.05, 0.1) is 13.2 Å². The largest absolute Gasteiger partial charge is 0.497 e. The molecule has 2 aliphatic heterocycles. The van der Waals surface area contributed by atoms with Crippen LogP contribution >= 0.6 is 0 Å². The first-order valence-electron chi connectivity index (χ1n) is 13.9. The smallest absolute Gasteiger partial charge is 0.162 e. The van der Waals surface area contributed by atoms with E-state index in [1.165, 1.54) is 0 Å². The molecule has 2 aliphatic rings. The van der Waals surface area contributed by atoms with E-state index >= 15 is 0 Å². The minimum absolute atomic E-state index is 0.112. The summed E-state index contributed by atoms with van der Waals surface area (Å²) in [6.07, 6.45) is 5.15. The molecule has 1 fully saturated rings. The summed E-state index contributed by atoms with van der Waals surface area (Å²) in [4.78, 5) is 27.8. The number of hydrogen-bond donors (Lipinski definition) is 1. The monoisotopic (exact) mass is 523 g/mol. The second kappa shape index (κ2) is 13.8. The summed E-state index contributed by atoms with van der Waals surface area (Å²) in [5.74, 6) is 2.16. The Balaban J connectivity index is 1.28. The standard InChI is InChI=1S/C31H41NO6/c1-22-7-6-16-32(22)21-25(31(35)24-12-15-29-30(20-24)38-18-17-37-29)19-26(33)8-4-3-5-9-28(34)23-10-13-27(36-2)14-11-23/h10-15,20,22,25,31,35H,3-9,16-19,21H2,1-2H3/t22?,25-,31?/m1/s1. The highest BCUT2D eigenvalue weighted by Gasteiger charge is 2.30. The van der Waals surface area contributed by atoms with Gasteiger partial charge in [0.15, 0.2) is 17.3 Å². The van der Waals surface area contributed by atoms with Gasteiger partial charge >= 0.3 is 0 Å². The Morgan fingerprint density at radius 3 is 2.47 bits per heavy atom. The molecule has 0 spiro atoms. The summed E-state index contributed by atoms with van der Waals surface area (Å²) < 4.78 is 16.5. The maximum atomic E-state index is 13.0. The van der Waals surface area contributed by atoms with E-state index in [0.29, 0.717) is 62.1 Å². The Bertz CT molecular complexity index is 1070. The summed E-state index contributed by atoms with van der Waals surface area (Å²) in [5, 5.41) is 11.4. The molecule has 4 rings (SSSR count). The maximum Gasteiger partial charge on any atom is 0.162 e. The van der Waals surface area contributed by atoms with Gasteiger partial charge in [-0.15, -0.1) is 0 Å². The molecule has 2 aromatic rings. The van der Waals surface area contributed by atoms with Crippen LogP contribution in [0.5, 0.6) is 17.2 Å². The summed E-state index contributed by atoms with van der Waals surface area (Å²) in [7, 11) is 1.60. The lowest BCUT2D eigenvalue weighted by molar-refractivity contribution is -0.121. The van der Waals surface area contributed by atoms with E-state index in [0.717, 1.165) is 50.0 Å². The molecule has 7 heteroatoms. The van der Waals surface area contributed by atoms with Crippen molar-refractivity contribution in [2.45, 2.75) is 70.4 Å². The van der Waals surface area contributed by atoms with Crippen molar-refractivity contribution in [2.24, 2.45) is 5.92 Å². The Morgan fingerprint density at radius 2 is 1.76 bits per heavy atom. The molecule has 0 radical (unpaired) electrons. The third-order valence-electron chi connectivity index (χ3n) is 7.78. The van der Waals surface area contributed by atoms with Gasteiger partial charge < -0.3 is 24.2 Å². The molecule has 0 saturated carbocycles. The van der Waals surface area contributed by atoms with Crippen molar-refractivity contribution in [1.82, 2.24) is 4.90 Å². The van der Waals surface area contributed by atoms with E-state index in [2.05, 4.69) is 11.8 Å². The third-order valence-corrected chi connectivity index (χ3v) is 7.78. The molecule has 0 amide bonds. The Labute approximate surface area is 226 Å². The van der Waals surface area contributed by atoms with E-state index in [-0.39, 0.29) is 17.5 Å². The SMILES string of the molecule is COc1ccc(C(=O)CCCCCC(=O)C[C@H](CN2CCCC2C)C(O)c2ccc3c(c2)OCCO3)cc1. The van der Waals surface area contributed by atoms with Gasteiger partial charge in [0.2, 0.25) is 0 Å². The number of methoxy groups -OCH3 is 1. The third kappa shape index (κ3) is 7.58. The van der Waals surface area contributed by atoms with Gasteiger partial charge in [-0.2, -0.15) is 0 Å². The predicted molar refractivity (Wildman–Crippen MR) is 146 cm³/mol. The average molecular weight is 524 g/mol. The normalized spacial score (nSPS) is 18.7. The van der Waals surface area contributed by atoms with Crippen LogP contribution in [-0.4, -0.2) is 61.0 Å². The first kappa shape index (κ1) is 28.1. The lowest BCUT2D eigenvalue weighted by Gasteiger charge is -2.30. The highest BCUT2D eigenvalue weighted by Crippen LogP contribution is 2.36. The van der Waals surface area contributed by atoms with Crippen LogP contribution < -0.4 is 14.2 Å². The van der Waals surface area contributed by atoms with Gasteiger partial charge in [0.25, 0.3) is 0 Å². The van der Waals surface area contributed by atoms with Crippen molar-refractivity contribution in [3.8, 4) is 17.2 Å². The predicted octanol–water partition coefficient (Wildman–Crippen LogP) is 5.39. The second-order valence-corrected chi connectivity index (χ2v) is 10.5. The molecule has 0 aliphatic carbocycles. The summed E-state index contributed by atoms with van der Waals surface area (Å²) in [5.41, 5.74) is 1.45. The number of ether oxygens (including phenoxy) is 3. The van der Waals surface area contributed by atoms with Crippen molar-refractivity contribution in [2.75, 3.05) is 33.4 Å². The molecule has 0 bridgehead atoms. The number of ketones is 2. The number of carbonyl (C=O) groups is 2. The van der Waals surface area contributed by atoms with Crippen LogP contribution in [0.4, 0.5) is 0 Å². The van der Waals surface area contributed by atoms with Gasteiger partial charge in [-0.3, -0.25) is 9.59 Å². The quantitative estimate of drug-likeness (QED) is 0.262. The lowest BCUT2D eigenvalue weighted by Crippen LogP contribution is -2.35. The number of aliphatic hydroxyl groups is 1. The molecule has 38 heavy (non-hydrogen) atoms. The van der Waals surface area contributed by atoms with E-state index < -0.39 is 6.10 Å². The van der Waals surface area contributed by atoms with Crippen molar-refractivity contribution in [3.63, 3.8) is 0 Å². The highest BCUT2D eigenvalue weighted by atomic mass is 16.6. The molecule has 2 heterocycles. The fourth-order valence-corrected chi connectivity index (χ4v) is 5.46. The Hall–Kier alpha value is -2.90. The maximum absolute atomic E-state index is 13.0. The number of aliphatic hydroxyl groups excluding tert-OH is 1. The minimum Gasteiger partial charge on any atom is -0.497 e. The van der Waals surface area contributed by atoms with E-state index in [4.69, 9.17) is 14.2 Å². The number of likely N-dealkylation sites (tertiary alicyclic amines) is 1. The first-order chi connectivity index (χ1) is 18.4. The number of nitrogens with zero attached hydrogens (tertiary/aromatic N) is 1. The van der Waals surface area contributed by atoms with Gasteiger partial charge in [-0.05, 0) is 81.1 Å². The number of Topliss-reactive ketones (excluding diaryl/α,β-unsaturated/α-hetero) is 2. The zero-order chi connectivity index (χ0) is 26.9. The molecular formula is C31H41NO6. The van der Waals surface area contributed by atoms with Crippen LogP contribution in [-0.2, 0) is 4.79 Å². The Kier molecular flexibility index (Phi) is 10.2. The number of fused-ring (bicyclic) bond motifs is 1. The van der Waals surface area contributed by atoms with Crippen LogP contribution in [0.3, 0.4) is 0 Å². The molecule has 2 unspecified atom stereocenters. The minimum atomic E-state index is -0.760. The van der Waals surface area contributed by atoms with E-state index in [1.54, 1.807) is 31.4 Å². The van der Waals surface area contributed by atoms with Crippen molar-refractivity contribution in [1.29, 1.82) is 0 Å². The number of unbranched alkanes of at least 4 members (excludes halogenated alkanes) is 2. The van der Waals surface area contributed by atoms with E-state index in [9.17, 15) is 14.7 Å². The van der Waals surface area contributed by atoms with Crippen molar-refractivity contribution >= 4 is 11.6 Å². The molecule has 1 N–H and O–H groups in total. The van der Waals surface area contributed by atoms with Gasteiger partial charge in [0.1, 0.15) is 24.7 Å². The fraction of sp³-hybridized carbons (Fsp3) is 0.548. The first-order valence-corrected chi connectivity index (χ1v) is 13.9. The van der Waals surface area contributed by atoms with Gasteiger partial charge in [0, 0.05) is 43.3 Å². The Morgan fingerprint density at radius 1 is 1.03 bits per heavy atom. The van der Waals surface area contributed by atoms with Crippen molar-refractivity contribution in [3.05, 3.63) is 53.6 Å². The molecule has 0 aromatic heterocycles. The zero-order valence-electron chi connectivity index (χ0n) is 22.7. The van der Waals surface area contributed by atoms with Gasteiger partial charge in [-0.25, -0.2) is 0 Å². The van der Waals surface area contributed by atoms with Crippen LogP contribution in [0, 0.1) is 5.92 Å². The van der Waals surface area contributed by atoms with Crippen LogP contribution in [0.2, 0.25) is 0 Å². The number of rotatable bonds is 14. The van der Waals surface area contributed by atoms with Crippen LogP contribution in [0.15, 0.2) is 42.5 Å². The summed E-state index contributed by atoms with van der Waals surface area (Å²) in [6, 6.07) is 13.2. The second-order valence-electron chi connectivity index (χ2n) is 10.5. The topological polar surface area (TPSA) is 85.3 Å². The van der Waals surface area contributed by atoms with Crippen LogP contribution in [0.25, 0.3) is 0 Å². The highest BCUT2D eigenvalue weighted by molar-refractivity contribution is 5.96. The summed E-state index contributed by atoms with van der Waals surface area (Å²) in [6.45, 7) is 4.93. The molecule has 2 aromatic carbocycles. The summed E-state index contributed by atoms with van der Waals surface area (Å²) >= 11 is 0. The molecule has 7 nitrogen and oxygen atoms in total. The fourth-order valence-electron chi connectivity index (χ4n) is 5.46. The number of hydrogen-bond acceptors (Lipinski definition) is 7. The zero-order valence-corrected chi connectivity index (χ0v) is 22.7. The molecule has 206 valence electrons.